The Bertz CT molecular complexity index is 230. The molecule has 1 radical (unpaired) electrons. The normalized spacial score (nSPS) is 24.7. The van der Waals surface area contributed by atoms with E-state index in [2.05, 4.69) is 4.90 Å². The number of likely N-dealkylation sites (tertiary alicyclic amines) is 2. The maximum atomic E-state index is 11.4. The van der Waals surface area contributed by atoms with E-state index in [-0.39, 0.29) is 12.5 Å². The minimum absolute atomic E-state index is 0.0951. The third kappa shape index (κ3) is 2.74. The summed E-state index contributed by atoms with van der Waals surface area (Å²) in [4.78, 5) is 15.9. The number of carbonyl (C=O) groups is 1. The van der Waals surface area contributed by atoms with Crippen LogP contribution in [-0.2, 0) is 4.79 Å². The van der Waals surface area contributed by atoms with E-state index in [0.29, 0.717) is 0 Å². The maximum Gasteiger partial charge on any atom is 0.236 e. The van der Waals surface area contributed by atoms with Gasteiger partial charge in [0.1, 0.15) is 0 Å². The van der Waals surface area contributed by atoms with Crippen LogP contribution in [0.2, 0.25) is 0 Å². The summed E-state index contributed by atoms with van der Waals surface area (Å²) >= 11 is 0. The fourth-order valence-corrected chi connectivity index (χ4v) is 2.67. The molecule has 0 aromatic heterocycles. The highest BCUT2D eigenvalue weighted by atomic mass is 16.2. The lowest BCUT2D eigenvalue weighted by Crippen LogP contribution is -2.45. The molecule has 16 heavy (non-hydrogen) atoms. The number of hydrogen-bond acceptors (Lipinski definition) is 3. The molecule has 0 aromatic rings. The van der Waals surface area contributed by atoms with Crippen molar-refractivity contribution in [3.05, 3.63) is 6.04 Å². The monoisotopic (exact) mass is 224 g/mol. The Morgan fingerprint density at radius 1 is 1.06 bits per heavy atom. The van der Waals surface area contributed by atoms with Crippen molar-refractivity contribution in [3.63, 3.8) is 0 Å². The molecule has 2 heterocycles. The van der Waals surface area contributed by atoms with Crippen molar-refractivity contribution in [2.24, 2.45) is 5.73 Å². The molecule has 2 aliphatic heterocycles. The third-order valence-corrected chi connectivity index (χ3v) is 3.67. The predicted molar refractivity (Wildman–Crippen MR) is 63.5 cm³/mol. The van der Waals surface area contributed by atoms with Crippen molar-refractivity contribution >= 4 is 5.91 Å². The first-order valence-electron chi connectivity index (χ1n) is 6.39. The highest BCUT2D eigenvalue weighted by Gasteiger charge is 2.27. The first kappa shape index (κ1) is 11.9. The number of nitrogens with zero attached hydrogens (tertiary/aromatic N) is 2. The Balaban J connectivity index is 1.78. The summed E-state index contributed by atoms with van der Waals surface area (Å²) in [6.07, 6.45) is 6.13. The zero-order valence-corrected chi connectivity index (χ0v) is 9.95. The van der Waals surface area contributed by atoms with Gasteiger partial charge in [-0.25, -0.2) is 0 Å². The number of piperidine rings is 2. The Hall–Kier alpha value is -0.610. The zero-order valence-electron chi connectivity index (χ0n) is 9.95. The van der Waals surface area contributed by atoms with Gasteiger partial charge in [0.2, 0.25) is 5.91 Å². The molecule has 0 bridgehead atoms. The highest BCUT2D eigenvalue weighted by molar-refractivity contribution is 5.78. The van der Waals surface area contributed by atoms with Crippen LogP contribution in [0.3, 0.4) is 0 Å². The Kier molecular flexibility index (Phi) is 4.18. The molecule has 0 atom stereocenters. The van der Waals surface area contributed by atoms with Crippen LogP contribution in [0.1, 0.15) is 32.1 Å². The molecule has 2 rings (SSSR count). The molecule has 0 saturated carbocycles. The van der Waals surface area contributed by atoms with E-state index in [1.165, 1.54) is 32.4 Å². The van der Waals surface area contributed by atoms with E-state index >= 15 is 0 Å². The number of nitrogens with two attached hydrogens (primary N) is 1. The van der Waals surface area contributed by atoms with Gasteiger partial charge in [0.25, 0.3) is 0 Å². The minimum atomic E-state index is 0.0951. The Morgan fingerprint density at radius 2 is 1.69 bits per heavy atom. The van der Waals surface area contributed by atoms with Gasteiger partial charge in [-0.15, -0.1) is 0 Å². The van der Waals surface area contributed by atoms with E-state index in [1.807, 2.05) is 4.90 Å². The van der Waals surface area contributed by atoms with Gasteiger partial charge in [-0.1, -0.05) is 6.42 Å². The molecule has 4 heteroatoms. The average Bonchev–Trinajstić information content (AvgIpc) is 2.39. The van der Waals surface area contributed by atoms with Gasteiger partial charge in [-0.3, -0.25) is 9.69 Å². The van der Waals surface area contributed by atoms with Crippen molar-refractivity contribution in [2.75, 3.05) is 32.7 Å². The summed E-state index contributed by atoms with van der Waals surface area (Å²) in [5, 5.41) is 0. The minimum Gasteiger partial charge on any atom is -0.341 e. The lowest BCUT2D eigenvalue weighted by atomic mass is 10.00. The highest BCUT2D eigenvalue weighted by Crippen LogP contribution is 2.26. The SMILES string of the molecule is NCC(=O)N1CC[C](N2CCCCC2)CC1. The molecular formula is C12H22N3O. The number of hydrogen-bond donors (Lipinski definition) is 1. The van der Waals surface area contributed by atoms with Gasteiger partial charge in [0.15, 0.2) is 0 Å². The molecule has 91 valence electrons. The fraction of sp³-hybridized carbons (Fsp3) is 0.833. The van der Waals surface area contributed by atoms with Crippen LogP contribution in [-0.4, -0.2) is 48.4 Å². The average molecular weight is 224 g/mol. The number of amides is 1. The molecule has 4 nitrogen and oxygen atoms in total. The van der Waals surface area contributed by atoms with Crippen LogP contribution in [0.15, 0.2) is 0 Å². The van der Waals surface area contributed by atoms with Crippen molar-refractivity contribution in [1.29, 1.82) is 0 Å². The molecular weight excluding hydrogens is 202 g/mol. The zero-order chi connectivity index (χ0) is 11.4. The summed E-state index contributed by atoms with van der Waals surface area (Å²) in [6, 6.07) is 1.56. The molecule has 2 saturated heterocycles. The second kappa shape index (κ2) is 5.64. The lowest BCUT2D eigenvalue weighted by molar-refractivity contribution is -0.130. The second-order valence-corrected chi connectivity index (χ2v) is 4.70. The largest absolute Gasteiger partial charge is 0.341 e. The van der Waals surface area contributed by atoms with Gasteiger partial charge in [-0.2, -0.15) is 0 Å². The quantitative estimate of drug-likeness (QED) is 0.746. The van der Waals surface area contributed by atoms with E-state index in [4.69, 9.17) is 5.73 Å². The molecule has 1 amide bonds. The first-order valence-corrected chi connectivity index (χ1v) is 6.39. The summed E-state index contributed by atoms with van der Waals surface area (Å²) in [7, 11) is 0. The van der Waals surface area contributed by atoms with Gasteiger partial charge >= 0.3 is 0 Å². The Labute approximate surface area is 97.8 Å². The van der Waals surface area contributed by atoms with Crippen LogP contribution < -0.4 is 5.73 Å². The van der Waals surface area contributed by atoms with Gasteiger partial charge in [-0.05, 0) is 38.8 Å². The van der Waals surface area contributed by atoms with Crippen molar-refractivity contribution in [1.82, 2.24) is 9.80 Å². The summed E-state index contributed by atoms with van der Waals surface area (Å²) in [6.45, 7) is 4.32. The fourth-order valence-electron chi connectivity index (χ4n) is 2.67. The van der Waals surface area contributed by atoms with Crippen LogP contribution in [0.4, 0.5) is 0 Å². The van der Waals surface area contributed by atoms with Crippen LogP contribution in [0, 0.1) is 6.04 Å². The topological polar surface area (TPSA) is 49.6 Å². The van der Waals surface area contributed by atoms with Crippen LogP contribution in [0.5, 0.6) is 0 Å². The molecule has 2 fully saturated rings. The van der Waals surface area contributed by atoms with Crippen LogP contribution >= 0.6 is 0 Å². The molecule has 0 aliphatic carbocycles. The predicted octanol–water partition coefficient (Wildman–Crippen LogP) is 0.585. The van der Waals surface area contributed by atoms with E-state index in [9.17, 15) is 4.79 Å². The lowest BCUT2D eigenvalue weighted by Gasteiger charge is -2.39. The molecule has 2 N–H and O–H groups in total. The first-order chi connectivity index (χ1) is 7.81. The standard InChI is InChI=1S/C12H22N3O/c13-10-12(16)15-8-4-11(5-9-15)14-6-2-1-3-7-14/h1-10,13H2. The summed E-state index contributed by atoms with van der Waals surface area (Å²) in [5.41, 5.74) is 5.37. The van der Waals surface area contributed by atoms with E-state index in [1.54, 1.807) is 6.04 Å². The maximum absolute atomic E-state index is 11.4. The Morgan fingerprint density at radius 3 is 2.25 bits per heavy atom. The van der Waals surface area contributed by atoms with E-state index in [0.717, 1.165) is 25.9 Å². The molecule has 0 aromatic carbocycles. The summed E-state index contributed by atoms with van der Waals surface area (Å²) in [5.74, 6) is 0.0951. The second-order valence-electron chi connectivity index (χ2n) is 4.70. The van der Waals surface area contributed by atoms with Gasteiger partial charge < -0.3 is 10.6 Å². The van der Waals surface area contributed by atoms with E-state index < -0.39 is 0 Å². The summed E-state index contributed by atoms with van der Waals surface area (Å²) < 4.78 is 0. The van der Waals surface area contributed by atoms with Crippen molar-refractivity contribution in [2.45, 2.75) is 32.1 Å². The third-order valence-electron chi connectivity index (χ3n) is 3.67. The van der Waals surface area contributed by atoms with Gasteiger partial charge in [0.05, 0.1) is 6.54 Å². The van der Waals surface area contributed by atoms with Crippen LogP contribution in [0.25, 0.3) is 0 Å². The molecule has 2 aliphatic rings. The molecule has 0 unspecified atom stereocenters. The smallest absolute Gasteiger partial charge is 0.236 e. The number of carbonyl (C=O) groups excluding carboxylic acids is 1. The molecule has 0 spiro atoms. The van der Waals surface area contributed by atoms with Gasteiger partial charge in [0, 0.05) is 19.1 Å². The number of rotatable bonds is 2. The van der Waals surface area contributed by atoms with Crippen molar-refractivity contribution in [3.8, 4) is 0 Å². The van der Waals surface area contributed by atoms with Crippen molar-refractivity contribution < 1.29 is 4.79 Å².